The summed E-state index contributed by atoms with van der Waals surface area (Å²) in [6.45, 7) is 0. The summed E-state index contributed by atoms with van der Waals surface area (Å²) in [5.41, 5.74) is 6.90. The molecular formula is C8H8N4O3. The minimum atomic E-state index is -0.829. The summed E-state index contributed by atoms with van der Waals surface area (Å²) in [7, 11) is 0. The molecule has 0 saturated heterocycles. The molecule has 7 heteroatoms. The first-order valence-corrected chi connectivity index (χ1v) is 3.93. The minimum absolute atomic E-state index is 0.0903. The first-order valence-electron chi connectivity index (χ1n) is 3.93. The second kappa shape index (κ2) is 4.70. The third-order valence-corrected chi connectivity index (χ3v) is 1.51. The van der Waals surface area contributed by atoms with Gasteiger partial charge in [-0.15, -0.1) is 0 Å². The number of hydrogen-bond acceptors (Lipinski definition) is 4. The number of urea groups is 1. The number of nitrogens with two attached hydrogens (primary N) is 1. The Hall–Kier alpha value is -2.44. The van der Waals surface area contributed by atoms with E-state index in [1.54, 1.807) is 6.07 Å². The van der Waals surface area contributed by atoms with Crippen molar-refractivity contribution in [2.24, 2.45) is 10.8 Å². The van der Waals surface area contributed by atoms with Gasteiger partial charge in [0.1, 0.15) is 0 Å². The fourth-order valence-electron chi connectivity index (χ4n) is 0.928. The van der Waals surface area contributed by atoms with Crippen LogP contribution in [0.25, 0.3) is 0 Å². The maximum Gasteiger partial charge on any atom is 0.332 e. The zero-order valence-electron chi connectivity index (χ0n) is 7.58. The highest BCUT2D eigenvalue weighted by Crippen LogP contribution is 2.14. The fourth-order valence-corrected chi connectivity index (χ4v) is 0.928. The molecule has 1 aromatic rings. The Labute approximate surface area is 84.7 Å². The smallest absolute Gasteiger partial charge is 0.332 e. The predicted octanol–water partition coefficient (Wildman–Crippen LogP) is 0.597. The standard InChI is InChI=1S/C8H8N4O3/c9-8(13)11-10-5-6-3-1-2-4-7(6)12(14)15/h1-5H,(H3,9,11,13)/i8+1,9+1,11+1. The van der Waals surface area contributed by atoms with Gasteiger partial charge in [0.2, 0.25) is 0 Å². The van der Waals surface area contributed by atoms with E-state index in [1.807, 2.05) is 5.43 Å². The van der Waals surface area contributed by atoms with E-state index in [9.17, 15) is 14.9 Å². The Morgan fingerprint density at radius 1 is 1.53 bits per heavy atom. The second-order valence-corrected chi connectivity index (χ2v) is 2.55. The van der Waals surface area contributed by atoms with Gasteiger partial charge < -0.3 is 5.73 Å². The lowest BCUT2D eigenvalue weighted by Gasteiger charge is -1.95. The zero-order valence-corrected chi connectivity index (χ0v) is 7.58. The number of carbonyl (C=O) groups is 1. The van der Waals surface area contributed by atoms with Crippen LogP contribution in [0.4, 0.5) is 10.5 Å². The SMILES string of the molecule is [15NH2][13C](=O)[15NH]N=Cc1ccccc1[N+](=O)[O-]. The summed E-state index contributed by atoms with van der Waals surface area (Å²) in [4.78, 5) is 20.3. The van der Waals surface area contributed by atoms with Crippen molar-refractivity contribution in [1.29, 1.82) is 0 Å². The van der Waals surface area contributed by atoms with Crippen LogP contribution in [-0.2, 0) is 0 Å². The quantitative estimate of drug-likeness (QED) is 0.251. The molecule has 0 heterocycles. The molecular weight excluding hydrogens is 203 g/mol. The minimum Gasteiger partial charge on any atom is -0.350 e. The van der Waals surface area contributed by atoms with E-state index in [1.165, 1.54) is 18.2 Å². The average molecular weight is 211 g/mol. The molecule has 0 saturated carbocycles. The Bertz CT molecular complexity index is 416. The van der Waals surface area contributed by atoms with Gasteiger partial charge in [0.15, 0.2) is 0 Å². The maximum absolute atomic E-state index is 10.6. The van der Waals surface area contributed by atoms with Crippen molar-refractivity contribution in [3.05, 3.63) is 39.9 Å². The van der Waals surface area contributed by atoms with Crippen LogP contribution < -0.4 is 11.2 Å². The van der Waals surface area contributed by atoms with Crippen molar-refractivity contribution in [1.82, 2.24) is 5.43 Å². The van der Waals surface area contributed by atoms with Crippen LogP contribution in [0.2, 0.25) is 0 Å². The summed E-state index contributed by atoms with van der Waals surface area (Å²) >= 11 is 0. The molecule has 15 heavy (non-hydrogen) atoms. The highest BCUT2D eigenvalue weighted by molar-refractivity contribution is 5.86. The van der Waals surface area contributed by atoms with Crippen LogP contribution >= 0.6 is 0 Å². The number of nitrogens with one attached hydrogen (secondary N) is 1. The molecule has 2 amide bonds. The predicted molar refractivity (Wildman–Crippen MR) is 53.4 cm³/mol. The lowest BCUT2D eigenvalue weighted by molar-refractivity contribution is -0.385. The number of benzene rings is 1. The van der Waals surface area contributed by atoms with Crippen LogP contribution in [-0.4, -0.2) is 17.2 Å². The van der Waals surface area contributed by atoms with E-state index < -0.39 is 11.0 Å². The molecule has 0 bridgehead atoms. The van der Waals surface area contributed by atoms with Gasteiger partial charge >= 0.3 is 6.03 Å². The summed E-state index contributed by atoms with van der Waals surface area (Å²) in [6.07, 6.45) is 1.16. The fraction of sp³-hybridized carbons (Fsp3) is 0. The van der Waals surface area contributed by atoms with Gasteiger partial charge in [0.05, 0.1) is 16.7 Å². The number of nitro groups is 1. The van der Waals surface area contributed by atoms with Gasteiger partial charge in [-0.25, -0.2) is 10.2 Å². The number of rotatable bonds is 3. The summed E-state index contributed by atoms with van der Waals surface area (Å²) in [5.74, 6) is 0. The van der Waals surface area contributed by atoms with Gasteiger partial charge in [0, 0.05) is 6.07 Å². The number of para-hydroxylation sites is 1. The van der Waals surface area contributed by atoms with Gasteiger partial charge in [-0.3, -0.25) is 10.1 Å². The van der Waals surface area contributed by atoms with Crippen LogP contribution in [0.3, 0.4) is 0 Å². The third kappa shape index (κ3) is 3.07. The molecule has 0 aromatic heterocycles. The first kappa shape index (κ1) is 10.6. The lowest BCUT2D eigenvalue weighted by atomic mass is 10.2. The van der Waals surface area contributed by atoms with Crippen LogP contribution in [0.1, 0.15) is 5.56 Å². The Kier molecular flexibility index (Phi) is 3.33. The van der Waals surface area contributed by atoms with Gasteiger partial charge in [0.25, 0.3) is 5.69 Å². The van der Waals surface area contributed by atoms with E-state index >= 15 is 0 Å². The van der Waals surface area contributed by atoms with Gasteiger partial charge in [-0.05, 0) is 6.07 Å². The number of carbonyl (C=O) groups excluding carboxylic acids is 1. The van der Waals surface area contributed by atoms with Crippen molar-refractivity contribution >= 4 is 17.9 Å². The number of amides is 2. The molecule has 0 unspecified atom stereocenters. The van der Waals surface area contributed by atoms with Crippen molar-refractivity contribution in [2.75, 3.05) is 0 Å². The average Bonchev–Trinajstić information content (AvgIpc) is 2.17. The van der Waals surface area contributed by atoms with Crippen molar-refractivity contribution < 1.29 is 9.72 Å². The third-order valence-electron chi connectivity index (χ3n) is 1.51. The molecule has 0 aliphatic carbocycles. The van der Waals surface area contributed by atoms with Crippen molar-refractivity contribution in [3.8, 4) is 0 Å². The highest BCUT2D eigenvalue weighted by atomic mass is 16.6. The summed E-state index contributed by atoms with van der Waals surface area (Å²) in [6, 6.07) is 5.18. The van der Waals surface area contributed by atoms with Crippen molar-refractivity contribution in [2.45, 2.75) is 0 Å². The van der Waals surface area contributed by atoms with Crippen LogP contribution in [0, 0.1) is 10.1 Å². The largest absolute Gasteiger partial charge is 0.350 e. The monoisotopic (exact) mass is 211 g/mol. The van der Waals surface area contributed by atoms with E-state index in [2.05, 4.69) is 5.10 Å². The van der Waals surface area contributed by atoms with Crippen LogP contribution in [0.5, 0.6) is 0 Å². The second-order valence-electron chi connectivity index (χ2n) is 2.55. The molecule has 0 atom stereocenters. The van der Waals surface area contributed by atoms with E-state index in [0.717, 1.165) is 6.21 Å². The number of nitro benzene ring substituents is 1. The van der Waals surface area contributed by atoms with Crippen molar-refractivity contribution in [3.63, 3.8) is 0 Å². The zero-order chi connectivity index (χ0) is 11.3. The molecule has 3 N–H and O–H groups in total. The van der Waals surface area contributed by atoms with E-state index in [4.69, 9.17) is 5.73 Å². The molecule has 0 aliphatic heterocycles. The number of primary amides is 1. The van der Waals surface area contributed by atoms with Crippen LogP contribution in [0.15, 0.2) is 29.4 Å². The molecule has 0 spiro atoms. The van der Waals surface area contributed by atoms with E-state index in [0.29, 0.717) is 0 Å². The number of hydrogen-bond donors (Lipinski definition) is 2. The number of nitrogens with zero attached hydrogens (tertiary/aromatic N) is 2. The number of hydrazone groups is 1. The Morgan fingerprint density at radius 2 is 2.20 bits per heavy atom. The molecule has 1 rings (SSSR count). The molecule has 0 aliphatic rings. The molecule has 78 valence electrons. The molecule has 0 radical (unpaired) electrons. The van der Waals surface area contributed by atoms with E-state index in [-0.39, 0.29) is 11.3 Å². The lowest BCUT2D eigenvalue weighted by Crippen LogP contribution is -2.24. The Morgan fingerprint density at radius 3 is 2.80 bits per heavy atom. The van der Waals surface area contributed by atoms with Gasteiger partial charge in [-0.1, -0.05) is 12.1 Å². The first-order chi connectivity index (χ1) is 7.11. The molecule has 0 fully saturated rings. The highest BCUT2D eigenvalue weighted by Gasteiger charge is 2.09. The molecule has 1 aromatic carbocycles. The maximum atomic E-state index is 10.6. The molecule has 7 nitrogen and oxygen atoms in total. The normalized spacial score (nSPS) is 10.1. The summed E-state index contributed by atoms with van der Waals surface area (Å²) < 4.78 is 0. The Balaban J connectivity index is 2.89. The summed E-state index contributed by atoms with van der Waals surface area (Å²) in [5, 5.41) is 14.0. The topological polar surface area (TPSA) is 111 Å². The van der Waals surface area contributed by atoms with Gasteiger partial charge in [-0.2, -0.15) is 5.10 Å².